The van der Waals surface area contributed by atoms with Gasteiger partial charge in [0.05, 0.1) is 0 Å². The smallest absolute Gasteiger partial charge is 0.326 e. The van der Waals surface area contributed by atoms with E-state index in [4.69, 9.17) is 0 Å². The van der Waals surface area contributed by atoms with E-state index >= 15 is 0 Å². The summed E-state index contributed by atoms with van der Waals surface area (Å²) in [6.07, 6.45) is 5.68. The highest BCUT2D eigenvalue weighted by Gasteiger charge is 2.51. The maximum absolute atomic E-state index is 12.9. The second-order valence-corrected chi connectivity index (χ2v) is 8.15. The molecule has 1 atom stereocenters. The number of carboxylic acids is 1. The molecule has 3 fully saturated rings. The van der Waals surface area contributed by atoms with Crippen LogP contribution in [0, 0.1) is 11.3 Å². The molecule has 1 aromatic heterocycles. The summed E-state index contributed by atoms with van der Waals surface area (Å²) >= 11 is 0. The maximum atomic E-state index is 12.9. The summed E-state index contributed by atoms with van der Waals surface area (Å²) in [6.45, 7) is 4.34. The van der Waals surface area contributed by atoms with Crippen LogP contribution in [0.25, 0.3) is 0 Å². The van der Waals surface area contributed by atoms with E-state index < -0.39 is 12.0 Å². The lowest BCUT2D eigenvalue weighted by Crippen LogP contribution is -2.45. The van der Waals surface area contributed by atoms with Gasteiger partial charge < -0.3 is 14.9 Å². The van der Waals surface area contributed by atoms with Crippen molar-refractivity contribution >= 4 is 17.8 Å². The van der Waals surface area contributed by atoms with Gasteiger partial charge in [0.1, 0.15) is 11.7 Å². The van der Waals surface area contributed by atoms with Crippen LogP contribution in [0.3, 0.4) is 0 Å². The number of rotatable bonds is 4. The largest absolute Gasteiger partial charge is 0.480 e. The van der Waals surface area contributed by atoms with Crippen LogP contribution in [0.2, 0.25) is 0 Å². The minimum absolute atomic E-state index is 0.209. The first-order valence-electron chi connectivity index (χ1n) is 9.78. The standard InChI is InChI=1S/C19H26N4O4/c1-2-22-8-5-14(20-22)17(25)23-12-19(11-15(23)18(26)27)6-9-21(10-7-19)16(24)13-3-4-13/h5,8,13,15H,2-4,6-7,9-12H2,1H3,(H,26,27)/t15-/m0/s1. The molecule has 1 aromatic rings. The normalized spacial score (nSPS) is 24.4. The number of aromatic nitrogens is 2. The van der Waals surface area contributed by atoms with Crippen molar-refractivity contribution in [2.45, 2.75) is 51.6 Å². The first-order valence-corrected chi connectivity index (χ1v) is 9.78. The summed E-state index contributed by atoms with van der Waals surface area (Å²) in [5, 5.41) is 13.9. The number of carboxylic acid groups (broad SMARTS) is 1. The van der Waals surface area contributed by atoms with Crippen LogP contribution < -0.4 is 0 Å². The highest BCUT2D eigenvalue weighted by molar-refractivity contribution is 5.95. The summed E-state index contributed by atoms with van der Waals surface area (Å²) in [7, 11) is 0. The Kier molecular flexibility index (Phi) is 4.44. The monoisotopic (exact) mass is 374 g/mol. The summed E-state index contributed by atoms with van der Waals surface area (Å²) in [4.78, 5) is 40.4. The van der Waals surface area contributed by atoms with Crippen LogP contribution in [0.15, 0.2) is 12.3 Å². The van der Waals surface area contributed by atoms with Gasteiger partial charge in [0.2, 0.25) is 5.91 Å². The van der Waals surface area contributed by atoms with Crippen molar-refractivity contribution in [2.24, 2.45) is 11.3 Å². The molecule has 2 amide bonds. The lowest BCUT2D eigenvalue weighted by atomic mass is 9.76. The maximum Gasteiger partial charge on any atom is 0.326 e. The Morgan fingerprint density at radius 3 is 2.52 bits per heavy atom. The molecule has 1 N–H and O–H groups in total. The van der Waals surface area contributed by atoms with Gasteiger partial charge in [0, 0.05) is 38.3 Å². The van der Waals surface area contributed by atoms with Crippen molar-refractivity contribution < 1.29 is 19.5 Å². The van der Waals surface area contributed by atoms with Crippen LogP contribution >= 0.6 is 0 Å². The number of carbonyl (C=O) groups excluding carboxylic acids is 2. The van der Waals surface area contributed by atoms with Gasteiger partial charge in [-0.25, -0.2) is 4.79 Å². The Balaban J connectivity index is 1.47. The Morgan fingerprint density at radius 2 is 1.96 bits per heavy atom. The van der Waals surface area contributed by atoms with Crippen LogP contribution in [-0.2, 0) is 16.1 Å². The highest BCUT2D eigenvalue weighted by Crippen LogP contribution is 2.44. The molecule has 8 heteroatoms. The zero-order valence-electron chi connectivity index (χ0n) is 15.6. The van der Waals surface area contributed by atoms with Gasteiger partial charge >= 0.3 is 5.97 Å². The highest BCUT2D eigenvalue weighted by atomic mass is 16.4. The zero-order chi connectivity index (χ0) is 19.2. The van der Waals surface area contributed by atoms with E-state index in [-0.39, 0.29) is 23.1 Å². The second-order valence-electron chi connectivity index (χ2n) is 8.15. The molecule has 2 saturated heterocycles. The van der Waals surface area contributed by atoms with Gasteiger partial charge in [-0.1, -0.05) is 0 Å². The molecule has 3 heterocycles. The molecule has 27 heavy (non-hydrogen) atoms. The van der Waals surface area contributed by atoms with Crippen molar-refractivity contribution in [3.63, 3.8) is 0 Å². The van der Waals surface area contributed by atoms with Crippen LogP contribution in [0.5, 0.6) is 0 Å². The molecule has 1 aliphatic carbocycles. The predicted octanol–water partition coefficient (Wildman–Crippen LogP) is 1.22. The molecule has 0 unspecified atom stereocenters. The van der Waals surface area contributed by atoms with Crippen LogP contribution in [-0.4, -0.2) is 68.1 Å². The molecule has 146 valence electrons. The zero-order valence-corrected chi connectivity index (χ0v) is 15.6. The average Bonchev–Trinajstić information content (AvgIpc) is 3.29. The van der Waals surface area contributed by atoms with E-state index in [9.17, 15) is 19.5 Å². The van der Waals surface area contributed by atoms with Crippen molar-refractivity contribution in [2.75, 3.05) is 19.6 Å². The minimum Gasteiger partial charge on any atom is -0.480 e. The topological polar surface area (TPSA) is 95.7 Å². The number of hydrogen-bond acceptors (Lipinski definition) is 4. The van der Waals surface area contributed by atoms with Crippen molar-refractivity contribution in [3.05, 3.63) is 18.0 Å². The SMILES string of the molecule is CCn1ccc(C(=O)N2CC3(CCN(C(=O)C4CC4)CC3)C[C@H]2C(=O)O)n1. The van der Waals surface area contributed by atoms with E-state index in [1.807, 2.05) is 11.8 Å². The number of amides is 2. The van der Waals surface area contributed by atoms with Crippen LogP contribution in [0.4, 0.5) is 0 Å². The fourth-order valence-corrected chi connectivity index (χ4v) is 4.44. The van der Waals surface area contributed by atoms with Crippen molar-refractivity contribution in [3.8, 4) is 0 Å². The van der Waals surface area contributed by atoms with E-state index in [0.717, 1.165) is 25.7 Å². The minimum atomic E-state index is -0.966. The number of hydrogen-bond donors (Lipinski definition) is 1. The number of piperidine rings is 1. The third-order valence-electron chi connectivity index (χ3n) is 6.30. The lowest BCUT2D eigenvalue weighted by Gasteiger charge is -2.39. The Labute approximate surface area is 158 Å². The van der Waals surface area contributed by atoms with Crippen molar-refractivity contribution in [1.29, 1.82) is 0 Å². The Morgan fingerprint density at radius 1 is 1.26 bits per heavy atom. The third-order valence-corrected chi connectivity index (χ3v) is 6.30. The Bertz CT molecular complexity index is 762. The first kappa shape index (κ1) is 18.0. The van der Waals surface area contributed by atoms with Gasteiger partial charge in [-0.2, -0.15) is 5.10 Å². The summed E-state index contributed by atoms with van der Waals surface area (Å²) < 4.78 is 1.66. The van der Waals surface area contributed by atoms with E-state index in [1.165, 1.54) is 4.90 Å². The molecule has 0 radical (unpaired) electrons. The Hall–Kier alpha value is -2.38. The van der Waals surface area contributed by atoms with Gasteiger partial charge in [0.25, 0.3) is 5.91 Å². The third kappa shape index (κ3) is 3.33. The van der Waals surface area contributed by atoms with Crippen LogP contribution in [0.1, 0.15) is 49.5 Å². The van der Waals surface area contributed by atoms with E-state index in [1.54, 1.807) is 16.9 Å². The number of likely N-dealkylation sites (tertiary alicyclic amines) is 2. The molecule has 4 rings (SSSR count). The summed E-state index contributed by atoms with van der Waals surface area (Å²) in [6, 6.07) is 0.821. The molecule has 3 aliphatic rings. The first-order chi connectivity index (χ1) is 12.9. The number of aliphatic carboxylic acids is 1. The molecule has 0 bridgehead atoms. The molecule has 0 aromatic carbocycles. The van der Waals surface area contributed by atoms with Gasteiger partial charge in [-0.05, 0) is 50.5 Å². The van der Waals surface area contributed by atoms with E-state index in [0.29, 0.717) is 38.3 Å². The van der Waals surface area contributed by atoms with Crippen molar-refractivity contribution in [1.82, 2.24) is 19.6 Å². The molecular weight excluding hydrogens is 348 g/mol. The number of aryl methyl sites for hydroxylation is 1. The van der Waals surface area contributed by atoms with Gasteiger partial charge in [-0.3, -0.25) is 14.3 Å². The fourth-order valence-electron chi connectivity index (χ4n) is 4.44. The molecule has 1 saturated carbocycles. The number of carbonyl (C=O) groups is 3. The van der Waals surface area contributed by atoms with Gasteiger partial charge in [0.15, 0.2) is 0 Å². The number of nitrogens with zero attached hydrogens (tertiary/aromatic N) is 4. The molecular formula is C19H26N4O4. The summed E-state index contributed by atoms with van der Waals surface area (Å²) in [5.74, 6) is -0.827. The average molecular weight is 374 g/mol. The lowest BCUT2D eigenvalue weighted by molar-refractivity contribution is -0.141. The quantitative estimate of drug-likeness (QED) is 0.855. The fraction of sp³-hybridized carbons (Fsp3) is 0.684. The van der Waals surface area contributed by atoms with Gasteiger partial charge in [-0.15, -0.1) is 0 Å². The molecule has 8 nitrogen and oxygen atoms in total. The molecule has 1 spiro atoms. The second kappa shape index (κ2) is 6.65. The predicted molar refractivity (Wildman–Crippen MR) is 95.9 cm³/mol. The van der Waals surface area contributed by atoms with E-state index in [2.05, 4.69) is 5.10 Å². The summed E-state index contributed by atoms with van der Waals surface area (Å²) in [5.41, 5.74) is 0.0771. The molecule has 2 aliphatic heterocycles.